The first-order valence-electron chi connectivity index (χ1n) is 7.86. The number of hydrogen-bond donors (Lipinski definition) is 2. The second-order valence-corrected chi connectivity index (χ2v) is 8.09. The van der Waals surface area contributed by atoms with Crippen LogP contribution in [0.3, 0.4) is 0 Å². The van der Waals surface area contributed by atoms with Crippen LogP contribution in [0.4, 0.5) is 0 Å². The predicted octanol–water partition coefficient (Wildman–Crippen LogP) is 3.71. The second-order valence-electron chi connectivity index (χ2n) is 5.87. The van der Waals surface area contributed by atoms with Crippen LogP contribution in [0, 0.1) is 0 Å². The molecule has 0 fully saturated rings. The topological polar surface area (TPSA) is 49.3 Å². The molecule has 0 spiro atoms. The summed E-state index contributed by atoms with van der Waals surface area (Å²) in [6.07, 6.45) is 1.02. The van der Waals surface area contributed by atoms with Gasteiger partial charge in [0.2, 0.25) is 5.91 Å². The maximum Gasteiger partial charge on any atom is 0.237 e. The highest BCUT2D eigenvalue weighted by atomic mass is 32.2. The number of aryl methyl sites for hydroxylation is 1. The van der Waals surface area contributed by atoms with Crippen LogP contribution in [0.15, 0.2) is 41.8 Å². The van der Waals surface area contributed by atoms with E-state index >= 15 is 0 Å². The van der Waals surface area contributed by atoms with Crippen LogP contribution in [0.2, 0.25) is 0 Å². The number of fused-ring (bicyclic) bond motifs is 1. The molecule has 5 heteroatoms. The molecule has 0 bridgehead atoms. The van der Waals surface area contributed by atoms with Crippen LogP contribution in [-0.4, -0.2) is 22.8 Å². The van der Waals surface area contributed by atoms with E-state index in [9.17, 15) is 9.90 Å². The molecule has 1 aromatic carbocycles. The lowest BCUT2D eigenvalue weighted by atomic mass is 10.0. The monoisotopic (exact) mass is 347 g/mol. The number of carbonyl (C=O) groups excluding carboxylic acids is 1. The molecule has 1 aliphatic rings. The highest BCUT2D eigenvalue weighted by Gasteiger charge is 2.29. The number of nitrogens with one attached hydrogen (secondary N) is 1. The molecule has 1 aliphatic heterocycles. The van der Waals surface area contributed by atoms with E-state index in [2.05, 4.69) is 16.8 Å². The van der Waals surface area contributed by atoms with Gasteiger partial charge in [0, 0.05) is 10.9 Å². The van der Waals surface area contributed by atoms with E-state index in [1.54, 1.807) is 23.1 Å². The standard InChI is InChI=1S/C18H21NO2S2/c1-12(11-15(20)13-5-3-2-4-6-13)19-18(21)17-14-7-9-22-16(14)8-10-23-17/h2-7,9,12,15,17,20H,8,10-11H2,1H3,(H,19,21). The van der Waals surface area contributed by atoms with Crippen LogP contribution in [0.5, 0.6) is 0 Å². The Morgan fingerprint density at radius 1 is 1.35 bits per heavy atom. The fraction of sp³-hybridized carbons (Fsp3) is 0.389. The van der Waals surface area contributed by atoms with Gasteiger partial charge in [-0.3, -0.25) is 4.79 Å². The third-order valence-electron chi connectivity index (χ3n) is 4.06. The van der Waals surface area contributed by atoms with Gasteiger partial charge in [-0.15, -0.1) is 23.1 Å². The van der Waals surface area contributed by atoms with E-state index in [-0.39, 0.29) is 17.2 Å². The van der Waals surface area contributed by atoms with Crippen molar-refractivity contribution in [3.63, 3.8) is 0 Å². The number of aliphatic hydroxyl groups is 1. The molecule has 3 nitrogen and oxygen atoms in total. The number of benzene rings is 1. The first kappa shape index (κ1) is 16.6. The highest BCUT2D eigenvalue weighted by Crippen LogP contribution is 2.39. The number of amides is 1. The van der Waals surface area contributed by atoms with Crippen LogP contribution < -0.4 is 5.32 Å². The van der Waals surface area contributed by atoms with Gasteiger partial charge in [-0.05, 0) is 48.1 Å². The Balaban J connectivity index is 1.58. The molecule has 2 N–H and O–H groups in total. The van der Waals surface area contributed by atoms with Gasteiger partial charge in [-0.25, -0.2) is 0 Å². The number of thiophene rings is 1. The Kier molecular flexibility index (Phi) is 5.41. The van der Waals surface area contributed by atoms with Crippen molar-refractivity contribution in [1.29, 1.82) is 0 Å². The van der Waals surface area contributed by atoms with E-state index in [1.165, 1.54) is 10.4 Å². The molecule has 3 atom stereocenters. The van der Waals surface area contributed by atoms with Gasteiger partial charge in [-0.1, -0.05) is 30.3 Å². The van der Waals surface area contributed by atoms with Gasteiger partial charge in [0.15, 0.2) is 0 Å². The summed E-state index contributed by atoms with van der Waals surface area (Å²) in [4.78, 5) is 13.9. The molecule has 0 aliphatic carbocycles. The van der Waals surface area contributed by atoms with Crippen LogP contribution in [0.25, 0.3) is 0 Å². The van der Waals surface area contributed by atoms with Crippen molar-refractivity contribution in [3.8, 4) is 0 Å². The minimum atomic E-state index is -0.554. The third kappa shape index (κ3) is 3.97. The molecular formula is C18H21NO2S2. The molecule has 2 heterocycles. The summed E-state index contributed by atoms with van der Waals surface area (Å²) < 4.78 is 0. The predicted molar refractivity (Wildman–Crippen MR) is 96.8 cm³/mol. The fourth-order valence-electron chi connectivity index (χ4n) is 2.89. The van der Waals surface area contributed by atoms with Crippen LogP contribution >= 0.6 is 23.1 Å². The second kappa shape index (κ2) is 7.51. The lowest BCUT2D eigenvalue weighted by Gasteiger charge is -2.24. The molecule has 122 valence electrons. The summed E-state index contributed by atoms with van der Waals surface area (Å²) in [7, 11) is 0. The van der Waals surface area contributed by atoms with E-state index < -0.39 is 6.10 Å². The minimum Gasteiger partial charge on any atom is -0.388 e. The Hall–Kier alpha value is -1.30. The Morgan fingerprint density at radius 2 is 2.13 bits per heavy atom. The third-order valence-corrected chi connectivity index (χ3v) is 6.30. The first-order chi connectivity index (χ1) is 11.1. The normalized spacial score (nSPS) is 19.7. The highest BCUT2D eigenvalue weighted by molar-refractivity contribution is 8.00. The molecule has 0 saturated carbocycles. The SMILES string of the molecule is CC(CC(O)c1ccccc1)NC(=O)C1SCCc2sccc21. The van der Waals surface area contributed by atoms with Crippen molar-refractivity contribution >= 4 is 29.0 Å². The number of carbonyl (C=O) groups is 1. The molecule has 3 rings (SSSR count). The van der Waals surface area contributed by atoms with Gasteiger partial charge in [-0.2, -0.15) is 0 Å². The lowest BCUT2D eigenvalue weighted by Crippen LogP contribution is -2.37. The van der Waals surface area contributed by atoms with Gasteiger partial charge in [0.05, 0.1) is 6.10 Å². The average molecular weight is 348 g/mol. The Labute approximate surface area is 145 Å². The summed E-state index contributed by atoms with van der Waals surface area (Å²) in [6.45, 7) is 1.95. The number of aliphatic hydroxyl groups excluding tert-OH is 1. The quantitative estimate of drug-likeness (QED) is 0.867. The summed E-state index contributed by atoms with van der Waals surface area (Å²) in [5, 5.41) is 15.3. The summed E-state index contributed by atoms with van der Waals surface area (Å²) >= 11 is 3.45. The summed E-state index contributed by atoms with van der Waals surface area (Å²) in [6, 6.07) is 11.6. The van der Waals surface area contributed by atoms with Crippen molar-refractivity contribution in [1.82, 2.24) is 5.32 Å². The van der Waals surface area contributed by atoms with Crippen molar-refractivity contribution in [2.24, 2.45) is 0 Å². The van der Waals surface area contributed by atoms with Gasteiger partial charge < -0.3 is 10.4 Å². The van der Waals surface area contributed by atoms with Gasteiger partial charge >= 0.3 is 0 Å². The summed E-state index contributed by atoms with van der Waals surface area (Å²) in [5.41, 5.74) is 2.06. The Bertz CT molecular complexity index is 656. The minimum absolute atomic E-state index is 0.0575. The zero-order valence-corrected chi connectivity index (χ0v) is 14.7. The number of hydrogen-bond acceptors (Lipinski definition) is 4. The van der Waals surface area contributed by atoms with E-state index in [0.717, 1.165) is 17.7 Å². The molecule has 1 aromatic heterocycles. The largest absolute Gasteiger partial charge is 0.388 e. The van der Waals surface area contributed by atoms with Crippen molar-refractivity contribution in [2.45, 2.75) is 37.2 Å². The lowest BCUT2D eigenvalue weighted by molar-refractivity contribution is -0.121. The zero-order valence-electron chi connectivity index (χ0n) is 13.1. The van der Waals surface area contributed by atoms with Gasteiger partial charge in [0.25, 0.3) is 0 Å². The van der Waals surface area contributed by atoms with Crippen LogP contribution in [-0.2, 0) is 11.2 Å². The van der Waals surface area contributed by atoms with Crippen molar-refractivity contribution in [3.05, 3.63) is 57.8 Å². The molecule has 1 amide bonds. The van der Waals surface area contributed by atoms with Crippen molar-refractivity contribution in [2.75, 3.05) is 5.75 Å². The van der Waals surface area contributed by atoms with Crippen LogP contribution in [0.1, 0.15) is 40.7 Å². The van der Waals surface area contributed by atoms with E-state index in [0.29, 0.717) is 6.42 Å². The smallest absolute Gasteiger partial charge is 0.237 e. The first-order valence-corrected chi connectivity index (χ1v) is 9.79. The Morgan fingerprint density at radius 3 is 2.91 bits per heavy atom. The van der Waals surface area contributed by atoms with Gasteiger partial charge in [0.1, 0.15) is 5.25 Å². The van der Waals surface area contributed by atoms with E-state index in [4.69, 9.17) is 0 Å². The maximum atomic E-state index is 12.6. The average Bonchev–Trinajstić information content (AvgIpc) is 3.03. The summed E-state index contributed by atoms with van der Waals surface area (Å²) in [5.74, 6) is 1.05. The fourth-order valence-corrected chi connectivity index (χ4v) is 5.19. The molecule has 0 saturated heterocycles. The molecule has 3 unspecified atom stereocenters. The number of rotatable bonds is 5. The molecule has 0 radical (unpaired) electrons. The zero-order chi connectivity index (χ0) is 16.2. The molecule has 23 heavy (non-hydrogen) atoms. The van der Waals surface area contributed by atoms with Crippen molar-refractivity contribution < 1.29 is 9.90 Å². The molecule has 2 aromatic rings. The number of thioether (sulfide) groups is 1. The maximum absolute atomic E-state index is 12.6. The van der Waals surface area contributed by atoms with E-state index in [1.807, 2.05) is 37.3 Å². The molecular weight excluding hydrogens is 326 g/mol.